The molecule has 0 bridgehead atoms. The van der Waals surface area contributed by atoms with Crippen LogP contribution < -0.4 is 5.32 Å². The van der Waals surface area contributed by atoms with Gasteiger partial charge in [-0.05, 0) is 39.4 Å². The van der Waals surface area contributed by atoms with Crippen LogP contribution in [-0.4, -0.2) is 20.8 Å². The second-order valence-electron chi connectivity index (χ2n) is 4.23. The Labute approximate surface area is 112 Å². The molecule has 1 aliphatic rings. The van der Waals surface area contributed by atoms with Gasteiger partial charge >= 0.3 is 0 Å². The highest BCUT2D eigenvalue weighted by molar-refractivity contribution is 9.11. The first-order valence-corrected chi connectivity index (χ1v) is 7.31. The number of hydrogen-bond donors (Lipinski definition) is 1. The Bertz CT molecular complexity index is 507. The molecule has 1 N–H and O–H groups in total. The van der Waals surface area contributed by atoms with E-state index in [0.717, 1.165) is 31.8 Å². The van der Waals surface area contributed by atoms with Crippen LogP contribution in [0.1, 0.15) is 17.8 Å². The molecule has 6 heteroatoms. The van der Waals surface area contributed by atoms with Gasteiger partial charge in [0.25, 0.3) is 0 Å². The van der Waals surface area contributed by atoms with Gasteiger partial charge in [0.2, 0.25) is 0 Å². The minimum absolute atomic E-state index is 0.503. The first-order chi connectivity index (χ1) is 8.31. The van der Waals surface area contributed by atoms with Crippen molar-refractivity contribution >= 4 is 27.3 Å². The van der Waals surface area contributed by atoms with Crippen molar-refractivity contribution in [3.63, 3.8) is 0 Å². The molecule has 0 saturated heterocycles. The van der Waals surface area contributed by atoms with Crippen LogP contribution in [0.3, 0.4) is 0 Å². The van der Waals surface area contributed by atoms with E-state index in [1.807, 2.05) is 4.68 Å². The molecular weight excluding hydrogens is 300 g/mol. The first kappa shape index (κ1) is 11.4. The van der Waals surface area contributed by atoms with Gasteiger partial charge in [-0.15, -0.1) is 11.3 Å². The smallest absolute Gasteiger partial charge is 0.138 e. The summed E-state index contributed by atoms with van der Waals surface area (Å²) in [5.74, 6) is 1.11. The fraction of sp³-hybridized carbons (Fsp3) is 0.455. The van der Waals surface area contributed by atoms with Crippen LogP contribution in [0.25, 0.3) is 0 Å². The Morgan fingerprint density at radius 2 is 2.53 bits per heavy atom. The Balaban J connectivity index is 1.57. The summed E-state index contributed by atoms with van der Waals surface area (Å²) < 4.78 is 3.20. The standard InChI is InChI=1S/C11H13BrN4S/c12-10-3-8(6-17-10)4-13-9-1-2-11-14-7-15-16(11)5-9/h3,6-7,9,13H,1-2,4-5H2. The van der Waals surface area contributed by atoms with E-state index in [1.165, 1.54) is 9.35 Å². The molecule has 17 heavy (non-hydrogen) atoms. The van der Waals surface area contributed by atoms with Crippen LogP contribution in [0.5, 0.6) is 0 Å². The maximum absolute atomic E-state index is 4.23. The number of aromatic nitrogens is 3. The summed E-state index contributed by atoms with van der Waals surface area (Å²) in [5, 5.41) is 9.99. The zero-order chi connectivity index (χ0) is 11.7. The average molecular weight is 313 g/mol. The Hall–Kier alpha value is -0.720. The lowest BCUT2D eigenvalue weighted by Crippen LogP contribution is -2.37. The van der Waals surface area contributed by atoms with Gasteiger partial charge < -0.3 is 5.32 Å². The van der Waals surface area contributed by atoms with Crippen molar-refractivity contribution in [3.8, 4) is 0 Å². The van der Waals surface area contributed by atoms with Crippen LogP contribution in [0, 0.1) is 0 Å². The van der Waals surface area contributed by atoms with E-state index in [4.69, 9.17) is 0 Å². The van der Waals surface area contributed by atoms with Crippen molar-refractivity contribution in [2.45, 2.75) is 32.0 Å². The van der Waals surface area contributed by atoms with Gasteiger partial charge in [-0.3, -0.25) is 0 Å². The highest BCUT2D eigenvalue weighted by Gasteiger charge is 2.19. The minimum Gasteiger partial charge on any atom is -0.308 e. The first-order valence-electron chi connectivity index (χ1n) is 5.64. The normalized spacial score (nSPS) is 19.2. The third kappa shape index (κ3) is 2.59. The third-order valence-corrected chi connectivity index (χ3v) is 4.58. The molecule has 0 fully saturated rings. The van der Waals surface area contributed by atoms with Crippen molar-refractivity contribution in [2.24, 2.45) is 0 Å². The second-order valence-corrected chi connectivity index (χ2v) is 6.52. The Morgan fingerprint density at radius 3 is 3.35 bits per heavy atom. The molecule has 0 aliphatic carbocycles. The monoisotopic (exact) mass is 312 g/mol. The molecule has 1 unspecified atom stereocenters. The lowest BCUT2D eigenvalue weighted by Gasteiger charge is -2.23. The number of fused-ring (bicyclic) bond motifs is 1. The highest BCUT2D eigenvalue weighted by Crippen LogP contribution is 2.21. The predicted octanol–water partition coefficient (Wildman–Crippen LogP) is 2.21. The molecule has 3 heterocycles. The van der Waals surface area contributed by atoms with Gasteiger partial charge in [-0.25, -0.2) is 9.67 Å². The van der Waals surface area contributed by atoms with Crippen molar-refractivity contribution in [1.29, 1.82) is 0 Å². The van der Waals surface area contributed by atoms with Crippen LogP contribution in [0.2, 0.25) is 0 Å². The van der Waals surface area contributed by atoms with E-state index in [-0.39, 0.29) is 0 Å². The van der Waals surface area contributed by atoms with Gasteiger partial charge in [0, 0.05) is 19.0 Å². The van der Waals surface area contributed by atoms with Gasteiger partial charge in [0.05, 0.1) is 10.3 Å². The van der Waals surface area contributed by atoms with Crippen molar-refractivity contribution in [1.82, 2.24) is 20.1 Å². The minimum atomic E-state index is 0.503. The van der Waals surface area contributed by atoms with Gasteiger partial charge in [0.1, 0.15) is 12.2 Å². The summed E-state index contributed by atoms with van der Waals surface area (Å²) in [6.45, 7) is 1.86. The maximum atomic E-state index is 4.23. The van der Waals surface area contributed by atoms with E-state index < -0.39 is 0 Å². The molecule has 0 amide bonds. The average Bonchev–Trinajstić information content (AvgIpc) is 2.94. The summed E-state index contributed by atoms with van der Waals surface area (Å²) in [4.78, 5) is 4.23. The van der Waals surface area contributed by atoms with Crippen LogP contribution in [0.4, 0.5) is 0 Å². The molecule has 3 rings (SSSR count). The van der Waals surface area contributed by atoms with Gasteiger partial charge in [-0.2, -0.15) is 5.10 Å². The van der Waals surface area contributed by atoms with E-state index in [9.17, 15) is 0 Å². The Morgan fingerprint density at radius 1 is 1.59 bits per heavy atom. The number of nitrogens with one attached hydrogen (secondary N) is 1. The molecule has 90 valence electrons. The van der Waals surface area contributed by atoms with E-state index in [0.29, 0.717) is 6.04 Å². The quantitative estimate of drug-likeness (QED) is 0.945. The molecule has 0 spiro atoms. The number of hydrogen-bond acceptors (Lipinski definition) is 4. The SMILES string of the molecule is Brc1cc(CNC2CCc3ncnn3C2)cs1. The number of halogens is 1. The Kier molecular flexibility index (Phi) is 3.26. The van der Waals surface area contributed by atoms with Gasteiger partial charge in [-0.1, -0.05) is 0 Å². The fourth-order valence-corrected chi connectivity index (χ4v) is 3.31. The number of nitrogens with zero attached hydrogens (tertiary/aromatic N) is 3. The molecule has 0 radical (unpaired) electrons. The largest absolute Gasteiger partial charge is 0.308 e. The van der Waals surface area contributed by atoms with Crippen molar-refractivity contribution in [3.05, 3.63) is 32.9 Å². The van der Waals surface area contributed by atoms with E-state index in [1.54, 1.807) is 17.7 Å². The summed E-state index contributed by atoms with van der Waals surface area (Å²) in [7, 11) is 0. The summed E-state index contributed by atoms with van der Waals surface area (Å²) in [6, 6.07) is 2.67. The van der Waals surface area contributed by atoms with E-state index >= 15 is 0 Å². The summed E-state index contributed by atoms with van der Waals surface area (Å²) >= 11 is 5.21. The number of aryl methyl sites for hydroxylation is 1. The molecular formula is C11H13BrN4S. The molecule has 4 nitrogen and oxygen atoms in total. The predicted molar refractivity (Wildman–Crippen MR) is 71.0 cm³/mol. The second kappa shape index (κ2) is 4.88. The maximum Gasteiger partial charge on any atom is 0.138 e. The van der Waals surface area contributed by atoms with Crippen molar-refractivity contribution in [2.75, 3.05) is 0 Å². The van der Waals surface area contributed by atoms with E-state index in [2.05, 4.69) is 42.8 Å². The molecule has 2 aromatic heterocycles. The molecule has 0 saturated carbocycles. The zero-order valence-electron chi connectivity index (χ0n) is 9.27. The van der Waals surface area contributed by atoms with Gasteiger partial charge in [0.15, 0.2) is 0 Å². The summed E-state index contributed by atoms with van der Waals surface area (Å²) in [5.41, 5.74) is 1.34. The third-order valence-electron chi connectivity index (χ3n) is 3.02. The van der Waals surface area contributed by atoms with Crippen LogP contribution in [-0.2, 0) is 19.5 Å². The lowest BCUT2D eigenvalue weighted by atomic mass is 10.1. The van der Waals surface area contributed by atoms with Crippen LogP contribution in [0.15, 0.2) is 21.6 Å². The number of thiophene rings is 1. The molecule has 1 aliphatic heterocycles. The summed E-state index contributed by atoms with van der Waals surface area (Å²) in [6.07, 6.45) is 3.81. The zero-order valence-corrected chi connectivity index (χ0v) is 11.7. The molecule has 2 aromatic rings. The fourth-order valence-electron chi connectivity index (χ4n) is 2.10. The van der Waals surface area contributed by atoms with Crippen LogP contribution >= 0.6 is 27.3 Å². The molecule has 1 atom stereocenters. The lowest BCUT2D eigenvalue weighted by molar-refractivity contribution is 0.358. The molecule has 0 aromatic carbocycles. The topological polar surface area (TPSA) is 42.7 Å². The van der Waals surface area contributed by atoms with Crippen molar-refractivity contribution < 1.29 is 0 Å². The number of rotatable bonds is 3. The highest BCUT2D eigenvalue weighted by atomic mass is 79.9.